The molecule has 0 saturated heterocycles. The van der Waals surface area contributed by atoms with E-state index in [0.29, 0.717) is 17.7 Å². The van der Waals surface area contributed by atoms with Gasteiger partial charge in [0.2, 0.25) is 0 Å². The minimum absolute atomic E-state index is 0.0279. The number of rotatable bonds is 13. The zero-order chi connectivity index (χ0) is 43.3. The van der Waals surface area contributed by atoms with E-state index in [4.69, 9.17) is 19.9 Å². The fraction of sp³-hybridized carbons (Fsp3) is 0.350. The first-order chi connectivity index (χ1) is 26.9. The molecule has 4 aromatic rings. The van der Waals surface area contributed by atoms with E-state index in [1.54, 1.807) is 13.8 Å². The highest BCUT2D eigenvalue weighted by Gasteiger charge is 2.39. The largest absolute Gasteiger partial charge is 0.514 e. The van der Waals surface area contributed by atoms with Crippen molar-refractivity contribution in [2.75, 3.05) is 14.2 Å². The van der Waals surface area contributed by atoms with Crippen LogP contribution in [-0.2, 0) is 45.8 Å². The van der Waals surface area contributed by atoms with Gasteiger partial charge in [-0.1, -0.05) is 32.0 Å². The number of methoxy groups -OCH3 is 2. The molecule has 3 N–H and O–H groups in total. The molecule has 58 heavy (non-hydrogen) atoms. The van der Waals surface area contributed by atoms with Gasteiger partial charge in [-0.15, -0.1) is 0 Å². The minimum atomic E-state index is -5.29. The van der Waals surface area contributed by atoms with Crippen LogP contribution in [0.4, 0.5) is 48.7 Å². The topological polar surface area (TPSA) is 109 Å². The fourth-order valence-corrected chi connectivity index (χ4v) is 5.96. The lowest BCUT2D eigenvalue weighted by Gasteiger charge is -2.27. The molecular weight excluding hydrogens is 794 g/mol. The smallest absolute Gasteiger partial charge is 0.496 e. The van der Waals surface area contributed by atoms with Crippen molar-refractivity contribution in [1.82, 2.24) is 5.32 Å². The Balaban J connectivity index is 1.75. The van der Waals surface area contributed by atoms with Crippen LogP contribution >= 0.6 is 0 Å². The molecule has 0 saturated carbocycles. The predicted molar refractivity (Wildman–Crippen MR) is 190 cm³/mol. The van der Waals surface area contributed by atoms with Crippen LogP contribution in [0, 0.1) is 5.82 Å². The highest BCUT2D eigenvalue weighted by Crippen LogP contribution is 2.41. The SMILES string of the molecule is COC(=O)[C@@H](N)Cc1ccc(OC(=O)O[C@H](c2cc(C(F)(F)F)cc(C(F)(F)F)c2)[C@H](C)NCc2cc(C(F)(F)F)ccc2-c2cc(C(C)C)c(F)cc2OC)cc1. The van der Waals surface area contributed by atoms with Gasteiger partial charge in [-0.3, -0.25) is 4.79 Å². The minimum Gasteiger partial charge on any atom is -0.496 e. The van der Waals surface area contributed by atoms with Crippen molar-refractivity contribution in [2.45, 2.75) is 76.4 Å². The Bertz CT molecular complexity index is 2050. The average molecular weight is 833 g/mol. The molecule has 0 heterocycles. The summed E-state index contributed by atoms with van der Waals surface area (Å²) in [6.07, 6.45) is -18.9. The summed E-state index contributed by atoms with van der Waals surface area (Å²) in [4.78, 5) is 24.8. The molecule has 0 aliphatic carbocycles. The standard InChI is InChI=1S/C40H38F10N2O6/c1-20(2)30-17-31(34(55-4)18-32(30)41)29-11-8-25(38(42,43)44)15-24(29)19-52-21(3)35(23-13-26(39(45,46)47)16-27(14-23)40(48,49)50)58-37(54)57-28-9-6-22(7-10-28)12-33(51)36(53)56-5/h6-11,13-18,20-21,33,35,52H,12,19,51H2,1-5H3/t21-,33-,35-/m0/s1. The highest BCUT2D eigenvalue weighted by atomic mass is 19.4. The maximum Gasteiger partial charge on any atom is 0.514 e. The summed E-state index contributed by atoms with van der Waals surface area (Å²) < 4.78 is 161. The van der Waals surface area contributed by atoms with Crippen LogP contribution in [0.15, 0.2) is 72.8 Å². The van der Waals surface area contributed by atoms with E-state index in [0.717, 1.165) is 31.4 Å². The molecule has 0 fully saturated rings. The third-order valence-corrected chi connectivity index (χ3v) is 8.98. The van der Waals surface area contributed by atoms with E-state index in [2.05, 4.69) is 10.1 Å². The van der Waals surface area contributed by atoms with Gasteiger partial charge >= 0.3 is 30.7 Å². The Labute approximate surface area is 326 Å². The van der Waals surface area contributed by atoms with Crippen molar-refractivity contribution in [3.05, 3.63) is 118 Å². The molecule has 0 radical (unpaired) electrons. The van der Waals surface area contributed by atoms with Gasteiger partial charge in [0.05, 0.1) is 30.9 Å². The van der Waals surface area contributed by atoms with Crippen LogP contribution in [0.5, 0.6) is 11.5 Å². The molecule has 4 rings (SSSR count). The van der Waals surface area contributed by atoms with E-state index >= 15 is 0 Å². The second kappa shape index (κ2) is 18.1. The Morgan fingerprint density at radius 2 is 1.33 bits per heavy atom. The van der Waals surface area contributed by atoms with Crippen molar-refractivity contribution in [2.24, 2.45) is 5.73 Å². The van der Waals surface area contributed by atoms with Gasteiger partial charge in [0.25, 0.3) is 0 Å². The first-order valence-electron chi connectivity index (χ1n) is 17.3. The molecule has 0 aromatic heterocycles. The third kappa shape index (κ3) is 11.4. The Morgan fingerprint density at radius 3 is 1.84 bits per heavy atom. The molecule has 3 atom stereocenters. The predicted octanol–water partition coefficient (Wildman–Crippen LogP) is 10.2. The molecule has 0 spiro atoms. The second-order valence-electron chi connectivity index (χ2n) is 13.5. The van der Waals surface area contributed by atoms with Crippen LogP contribution < -0.4 is 20.5 Å². The number of alkyl halides is 9. The number of carbonyl (C=O) groups is 2. The van der Waals surface area contributed by atoms with Crippen LogP contribution in [0.25, 0.3) is 11.1 Å². The van der Waals surface area contributed by atoms with Gasteiger partial charge in [-0.05, 0) is 95.6 Å². The van der Waals surface area contributed by atoms with Crippen molar-refractivity contribution in [1.29, 1.82) is 0 Å². The summed E-state index contributed by atoms with van der Waals surface area (Å²) in [6.45, 7) is 4.06. The Morgan fingerprint density at radius 1 is 0.741 bits per heavy atom. The fourth-order valence-electron chi connectivity index (χ4n) is 5.96. The van der Waals surface area contributed by atoms with Gasteiger partial charge in [0, 0.05) is 24.2 Å². The molecule has 8 nitrogen and oxygen atoms in total. The van der Waals surface area contributed by atoms with Crippen LogP contribution in [0.1, 0.15) is 71.7 Å². The number of hydrogen-bond donors (Lipinski definition) is 2. The normalized spacial score (nSPS) is 13.8. The molecule has 0 unspecified atom stereocenters. The lowest BCUT2D eigenvalue weighted by molar-refractivity contribution is -0.144. The number of nitrogens with two attached hydrogens (primary N) is 1. The lowest BCUT2D eigenvalue weighted by atomic mass is 9.92. The first kappa shape index (κ1) is 45.3. The zero-order valence-corrected chi connectivity index (χ0v) is 31.5. The van der Waals surface area contributed by atoms with Gasteiger partial charge in [-0.2, -0.15) is 39.5 Å². The summed E-state index contributed by atoms with van der Waals surface area (Å²) in [6, 6.07) is 8.61. The zero-order valence-electron chi connectivity index (χ0n) is 31.5. The number of benzene rings is 4. The third-order valence-electron chi connectivity index (χ3n) is 8.98. The highest BCUT2D eigenvalue weighted by molar-refractivity contribution is 5.76. The quantitative estimate of drug-likeness (QED) is 0.0779. The number of carbonyl (C=O) groups excluding carboxylic acids is 2. The van der Waals surface area contributed by atoms with Crippen LogP contribution in [0.2, 0.25) is 0 Å². The molecular formula is C40H38F10N2O6. The summed E-state index contributed by atoms with van der Waals surface area (Å²) in [5, 5.41) is 2.77. The van der Waals surface area contributed by atoms with Crippen molar-refractivity contribution >= 4 is 12.1 Å². The molecule has 0 amide bonds. The number of nitrogens with one attached hydrogen (secondary N) is 1. The second-order valence-corrected chi connectivity index (χ2v) is 13.5. The van der Waals surface area contributed by atoms with Crippen LogP contribution in [0.3, 0.4) is 0 Å². The van der Waals surface area contributed by atoms with E-state index in [-0.39, 0.29) is 52.2 Å². The summed E-state index contributed by atoms with van der Waals surface area (Å²) >= 11 is 0. The van der Waals surface area contributed by atoms with E-state index in [1.807, 2.05) is 0 Å². The molecule has 4 aromatic carbocycles. The average Bonchev–Trinajstić information content (AvgIpc) is 3.14. The van der Waals surface area contributed by atoms with Gasteiger partial charge in [0.1, 0.15) is 29.5 Å². The van der Waals surface area contributed by atoms with Crippen molar-refractivity contribution < 1.29 is 72.4 Å². The maximum atomic E-state index is 14.9. The number of esters is 1. The molecule has 18 heteroatoms. The van der Waals surface area contributed by atoms with Gasteiger partial charge in [-0.25, -0.2) is 9.18 Å². The number of hydrogen-bond acceptors (Lipinski definition) is 8. The molecule has 0 bridgehead atoms. The van der Waals surface area contributed by atoms with E-state index in [1.165, 1.54) is 44.4 Å². The molecule has 0 aliphatic rings. The Hall–Kier alpha value is -5.36. The van der Waals surface area contributed by atoms with Gasteiger partial charge < -0.3 is 30.0 Å². The summed E-state index contributed by atoms with van der Waals surface area (Å²) in [5.41, 5.74) is 1.36. The van der Waals surface area contributed by atoms with Crippen molar-refractivity contribution in [3.8, 4) is 22.6 Å². The van der Waals surface area contributed by atoms with E-state index in [9.17, 15) is 53.5 Å². The summed E-state index contributed by atoms with van der Waals surface area (Å²) in [7, 11) is 2.37. The van der Waals surface area contributed by atoms with E-state index < -0.39 is 83.5 Å². The number of ether oxygens (including phenoxy) is 4. The monoisotopic (exact) mass is 832 g/mol. The van der Waals surface area contributed by atoms with Gasteiger partial charge in [0.15, 0.2) is 0 Å². The van der Waals surface area contributed by atoms with Crippen LogP contribution in [-0.4, -0.2) is 38.4 Å². The maximum absolute atomic E-state index is 14.9. The van der Waals surface area contributed by atoms with Crippen molar-refractivity contribution in [3.63, 3.8) is 0 Å². The Kier molecular flexibility index (Phi) is 14.1. The number of halogens is 10. The molecule has 0 aliphatic heterocycles. The lowest BCUT2D eigenvalue weighted by Crippen LogP contribution is -2.35. The first-order valence-corrected chi connectivity index (χ1v) is 17.3. The molecule has 314 valence electrons. The summed E-state index contributed by atoms with van der Waals surface area (Å²) in [5.74, 6) is -1.91.